The summed E-state index contributed by atoms with van der Waals surface area (Å²) in [7, 11) is 3.64. The van der Waals surface area contributed by atoms with Crippen LogP contribution in [-0.2, 0) is 4.79 Å². The first kappa shape index (κ1) is 12.5. The molecule has 0 aromatic carbocycles. The monoisotopic (exact) mass is 213 g/mol. The van der Waals surface area contributed by atoms with Gasteiger partial charge in [-0.2, -0.15) is 0 Å². The van der Waals surface area contributed by atoms with Gasteiger partial charge in [-0.1, -0.05) is 6.92 Å². The molecule has 0 aliphatic carbocycles. The Labute approximate surface area is 92.4 Å². The average Bonchev–Trinajstić information content (AvgIpc) is 2.67. The zero-order valence-electron chi connectivity index (χ0n) is 10.1. The Morgan fingerprint density at radius 3 is 2.73 bits per heavy atom. The predicted molar refractivity (Wildman–Crippen MR) is 61.6 cm³/mol. The van der Waals surface area contributed by atoms with Crippen LogP contribution >= 0.6 is 0 Å². The molecule has 0 saturated carbocycles. The van der Waals surface area contributed by atoms with Gasteiger partial charge in [0.05, 0.1) is 6.04 Å². The number of nitrogens with two attached hydrogens (primary N) is 1. The van der Waals surface area contributed by atoms with Crippen LogP contribution in [0.3, 0.4) is 0 Å². The Morgan fingerprint density at radius 2 is 2.27 bits per heavy atom. The summed E-state index contributed by atoms with van der Waals surface area (Å²) in [5, 5.41) is 0. The van der Waals surface area contributed by atoms with Crippen molar-refractivity contribution in [2.24, 2.45) is 5.73 Å². The van der Waals surface area contributed by atoms with Crippen LogP contribution < -0.4 is 5.73 Å². The molecule has 15 heavy (non-hydrogen) atoms. The third-order valence-corrected chi connectivity index (χ3v) is 3.23. The molecule has 0 radical (unpaired) electrons. The van der Waals surface area contributed by atoms with Gasteiger partial charge in [-0.25, -0.2) is 0 Å². The summed E-state index contributed by atoms with van der Waals surface area (Å²) in [5.41, 5.74) is 5.74. The van der Waals surface area contributed by atoms with Crippen molar-refractivity contribution in [2.45, 2.75) is 38.3 Å². The molecule has 88 valence electrons. The minimum Gasteiger partial charge on any atom is -0.347 e. The number of carbonyl (C=O) groups is 1. The van der Waals surface area contributed by atoms with E-state index in [4.69, 9.17) is 5.73 Å². The first-order valence-corrected chi connectivity index (χ1v) is 5.78. The van der Waals surface area contributed by atoms with Crippen molar-refractivity contribution in [3.63, 3.8) is 0 Å². The molecule has 2 atom stereocenters. The summed E-state index contributed by atoms with van der Waals surface area (Å²) in [6.45, 7) is 3.79. The van der Waals surface area contributed by atoms with Gasteiger partial charge >= 0.3 is 0 Å². The Kier molecular flexibility index (Phi) is 4.54. The number of rotatable bonds is 4. The van der Waals surface area contributed by atoms with Crippen LogP contribution in [0.5, 0.6) is 0 Å². The third-order valence-electron chi connectivity index (χ3n) is 3.23. The Bertz CT molecular complexity index is 214. The standard InChI is InChI=1S/C11H23N3O/c1-4-9(8-12)14-7-5-6-10(14)11(15)13(2)3/h9-10H,4-8,12H2,1-3H3. The van der Waals surface area contributed by atoms with E-state index in [9.17, 15) is 4.79 Å². The molecule has 0 bridgehead atoms. The van der Waals surface area contributed by atoms with Gasteiger partial charge in [-0.05, 0) is 25.8 Å². The highest BCUT2D eigenvalue weighted by Crippen LogP contribution is 2.22. The number of amides is 1. The zero-order chi connectivity index (χ0) is 11.4. The molecule has 2 N–H and O–H groups in total. The number of carbonyl (C=O) groups excluding carboxylic acids is 1. The van der Waals surface area contributed by atoms with Gasteiger partial charge < -0.3 is 10.6 Å². The summed E-state index contributed by atoms with van der Waals surface area (Å²) in [6, 6.07) is 0.426. The van der Waals surface area contributed by atoms with E-state index >= 15 is 0 Å². The highest BCUT2D eigenvalue weighted by molar-refractivity contribution is 5.81. The number of hydrogen-bond acceptors (Lipinski definition) is 3. The van der Waals surface area contributed by atoms with Crippen molar-refractivity contribution in [2.75, 3.05) is 27.2 Å². The molecule has 1 rings (SSSR count). The molecule has 0 spiro atoms. The lowest BCUT2D eigenvalue weighted by atomic mass is 10.1. The minimum absolute atomic E-state index is 0.0634. The van der Waals surface area contributed by atoms with Gasteiger partial charge in [0.25, 0.3) is 0 Å². The van der Waals surface area contributed by atoms with E-state index in [1.807, 2.05) is 14.1 Å². The molecule has 1 amide bonds. The van der Waals surface area contributed by atoms with Gasteiger partial charge in [0.2, 0.25) is 5.91 Å². The summed E-state index contributed by atoms with van der Waals surface area (Å²) in [6.07, 6.45) is 3.11. The zero-order valence-corrected chi connectivity index (χ0v) is 10.1. The summed E-state index contributed by atoms with van der Waals surface area (Å²) in [5.74, 6) is 0.222. The van der Waals surface area contributed by atoms with E-state index < -0.39 is 0 Å². The van der Waals surface area contributed by atoms with Crippen LogP contribution in [0.2, 0.25) is 0 Å². The fraction of sp³-hybridized carbons (Fsp3) is 0.909. The first-order valence-electron chi connectivity index (χ1n) is 5.78. The minimum atomic E-state index is 0.0634. The van der Waals surface area contributed by atoms with Crippen molar-refractivity contribution in [3.05, 3.63) is 0 Å². The lowest BCUT2D eigenvalue weighted by molar-refractivity contribution is -0.134. The van der Waals surface area contributed by atoms with Gasteiger partial charge in [-0.3, -0.25) is 9.69 Å². The number of likely N-dealkylation sites (tertiary alicyclic amines) is 1. The molecule has 1 fully saturated rings. The van der Waals surface area contributed by atoms with Gasteiger partial charge in [0.1, 0.15) is 0 Å². The molecule has 4 heteroatoms. The average molecular weight is 213 g/mol. The van der Waals surface area contributed by atoms with Crippen LogP contribution in [0, 0.1) is 0 Å². The molecule has 1 saturated heterocycles. The van der Waals surface area contributed by atoms with Crippen molar-refractivity contribution in [3.8, 4) is 0 Å². The molecular weight excluding hydrogens is 190 g/mol. The lowest BCUT2D eigenvalue weighted by Gasteiger charge is -2.32. The molecule has 4 nitrogen and oxygen atoms in total. The second kappa shape index (κ2) is 5.47. The molecule has 1 heterocycles. The second-order valence-corrected chi connectivity index (χ2v) is 4.43. The number of hydrogen-bond donors (Lipinski definition) is 1. The van der Waals surface area contributed by atoms with Crippen LogP contribution in [0.15, 0.2) is 0 Å². The second-order valence-electron chi connectivity index (χ2n) is 4.43. The summed E-state index contributed by atoms with van der Waals surface area (Å²) in [4.78, 5) is 15.9. The molecule has 1 aliphatic heterocycles. The van der Waals surface area contributed by atoms with Gasteiger partial charge in [-0.15, -0.1) is 0 Å². The quantitative estimate of drug-likeness (QED) is 0.729. The Morgan fingerprint density at radius 1 is 1.60 bits per heavy atom. The van der Waals surface area contributed by atoms with E-state index in [1.54, 1.807) is 4.90 Å². The molecule has 1 aliphatic rings. The molecule has 0 aromatic heterocycles. The van der Waals surface area contributed by atoms with Gasteiger partial charge in [0, 0.05) is 26.7 Å². The Hall–Kier alpha value is -0.610. The highest BCUT2D eigenvalue weighted by atomic mass is 16.2. The van der Waals surface area contributed by atoms with Crippen LogP contribution in [0.25, 0.3) is 0 Å². The smallest absolute Gasteiger partial charge is 0.239 e. The van der Waals surface area contributed by atoms with Crippen LogP contribution in [0.1, 0.15) is 26.2 Å². The van der Waals surface area contributed by atoms with E-state index in [1.165, 1.54) is 0 Å². The fourth-order valence-electron chi connectivity index (χ4n) is 2.33. The molecule has 2 unspecified atom stereocenters. The summed E-state index contributed by atoms with van der Waals surface area (Å²) < 4.78 is 0. The van der Waals surface area contributed by atoms with Crippen molar-refractivity contribution in [1.82, 2.24) is 9.80 Å². The third kappa shape index (κ3) is 2.69. The fourth-order valence-corrected chi connectivity index (χ4v) is 2.33. The van der Waals surface area contributed by atoms with Crippen LogP contribution in [-0.4, -0.2) is 55.0 Å². The van der Waals surface area contributed by atoms with Crippen LogP contribution in [0.4, 0.5) is 0 Å². The maximum absolute atomic E-state index is 11.9. The Balaban J connectivity index is 2.67. The number of likely N-dealkylation sites (N-methyl/N-ethyl adjacent to an activating group) is 1. The largest absolute Gasteiger partial charge is 0.347 e. The highest BCUT2D eigenvalue weighted by Gasteiger charge is 2.34. The SMILES string of the molecule is CCC(CN)N1CCCC1C(=O)N(C)C. The first-order chi connectivity index (χ1) is 7.11. The van der Waals surface area contributed by atoms with E-state index in [0.717, 1.165) is 25.8 Å². The topological polar surface area (TPSA) is 49.6 Å². The van der Waals surface area contributed by atoms with Crippen molar-refractivity contribution in [1.29, 1.82) is 0 Å². The van der Waals surface area contributed by atoms with E-state index in [0.29, 0.717) is 12.6 Å². The van der Waals surface area contributed by atoms with Gasteiger partial charge in [0.15, 0.2) is 0 Å². The molecular formula is C11H23N3O. The summed E-state index contributed by atoms with van der Waals surface area (Å²) >= 11 is 0. The number of nitrogens with zero attached hydrogens (tertiary/aromatic N) is 2. The predicted octanol–water partition coefficient (Wildman–Crippen LogP) is 0.276. The maximum Gasteiger partial charge on any atom is 0.239 e. The molecule has 0 aromatic rings. The van der Waals surface area contributed by atoms with Crippen molar-refractivity contribution >= 4 is 5.91 Å². The van der Waals surface area contributed by atoms with Crippen molar-refractivity contribution < 1.29 is 4.79 Å². The van der Waals surface area contributed by atoms with E-state index in [2.05, 4.69) is 11.8 Å². The lowest BCUT2D eigenvalue weighted by Crippen LogP contribution is -2.49. The normalized spacial score (nSPS) is 24.1. The van der Waals surface area contributed by atoms with E-state index in [-0.39, 0.29) is 11.9 Å². The maximum atomic E-state index is 11.9.